The standard InChI is InChI=1S/C33H28OSi/c35-34-20-19-33(30-16-13-24-7-1-4-10-27(24)21-30,31-17-14-25-8-2-5-11-28(25)22-31)32-18-15-26-9-3-6-12-29(26)23-32/h1-18,21-23H,19-20H2,35H3. The maximum atomic E-state index is 5.86. The summed E-state index contributed by atoms with van der Waals surface area (Å²) < 4.78 is 5.86. The van der Waals surface area contributed by atoms with Gasteiger partial charge in [0, 0.05) is 12.0 Å². The van der Waals surface area contributed by atoms with Gasteiger partial charge in [0.05, 0.1) is 0 Å². The highest BCUT2D eigenvalue weighted by Crippen LogP contribution is 2.44. The van der Waals surface area contributed by atoms with Crippen LogP contribution >= 0.6 is 0 Å². The highest BCUT2D eigenvalue weighted by Gasteiger charge is 2.36. The van der Waals surface area contributed by atoms with E-state index in [9.17, 15) is 0 Å². The zero-order chi connectivity index (χ0) is 23.7. The van der Waals surface area contributed by atoms with Gasteiger partial charge in [0.2, 0.25) is 0 Å². The lowest BCUT2D eigenvalue weighted by atomic mass is 9.66. The summed E-state index contributed by atoms with van der Waals surface area (Å²) in [4.78, 5) is 0. The van der Waals surface area contributed by atoms with Gasteiger partial charge in [0.25, 0.3) is 0 Å². The molecule has 2 heteroatoms. The minimum atomic E-state index is -0.331. The second kappa shape index (κ2) is 9.14. The van der Waals surface area contributed by atoms with Crippen LogP contribution in [0.5, 0.6) is 0 Å². The molecule has 0 aliphatic carbocycles. The highest BCUT2D eigenvalue weighted by molar-refractivity contribution is 5.98. The van der Waals surface area contributed by atoms with Crippen LogP contribution in [0.15, 0.2) is 127 Å². The summed E-state index contributed by atoms with van der Waals surface area (Å²) in [6, 6.07) is 46.8. The Balaban J connectivity index is 1.68. The number of benzene rings is 6. The first-order valence-corrected chi connectivity index (χ1v) is 13.1. The van der Waals surface area contributed by atoms with E-state index < -0.39 is 0 Å². The molecule has 0 aliphatic heterocycles. The van der Waals surface area contributed by atoms with E-state index in [-0.39, 0.29) is 5.41 Å². The van der Waals surface area contributed by atoms with Crippen LogP contribution in [0.3, 0.4) is 0 Å². The SMILES string of the molecule is [SiH3]OCCC(c1ccc2ccccc2c1)(c1ccc2ccccc2c1)c1ccc2ccccc2c1. The molecule has 0 spiro atoms. The summed E-state index contributed by atoms with van der Waals surface area (Å²) in [6.07, 6.45) is 0.880. The van der Waals surface area contributed by atoms with Crippen LogP contribution in [0, 0.1) is 0 Å². The summed E-state index contributed by atoms with van der Waals surface area (Å²) in [5.41, 5.74) is 3.59. The summed E-state index contributed by atoms with van der Waals surface area (Å²) in [7, 11) is 0.730. The Hall–Kier alpha value is -3.72. The third kappa shape index (κ3) is 3.85. The van der Waals surface area contributed by atoms with E-state index in [1.807, 2.05) is 0 Å². The largest absolute Gasteiger partial charge is 0.428 e. The van der Waals surface area contributed by atoms with Crippen LogP contribution in [0.25, 0.3) is 32.3 Å². The van der Waals surface area contributed by atoms with E-state index in [1.54, 1.807) is 0 Å². The van der Waals surface area contributed by atoms with E-state index in [0.717, 1.165) is 23.5 Å². The van der Waals surface area contributed by atoms with Crippen molar-refractivity contribution in [2.75, 3.05) is 6.61 Å². The first kappa shape index (κ1) is 21.8. The molecule has 0 heterocycles. The third-order valence-corrected chi connectivity index (χ3v) is 7.82. The van der Waals surface area contributed by atoms with Crippen molar-refractivity contribution >= 4 is 42.8 Å². The lowest BCUT2D eigenvalue weighted by molar-refractivity contribution is 0.311. The molecule has 0 atom stereocenters. The minimum Gasteiger partial charge on any atom is -0.428 e. The van der Waals surface area contributed by atoms with Crippen molar-refractivity contribution in [2.45, 2.75) is 11.8 Å². The van der Waals surface area contributed by atoms with E-state index in [4.69, 9.17) is 4.43 Å². The zero-order valence-corrected chi connectivity index (χ0v) is 21.9. The topological polar surface area (TPSA) is 9.23 Å². The number of hydrogen-bond acceptors (Lipinski definition) is 1. The second-order valence-corrected chi connectivity index (χ2v) is 9.91. The van der Waals surface area contributed by atoms with Gasteiger partial charge in [-0.2, -0.15) is 0 Å². The molecule has 6 rings (SSSR count). The Labute approximate surface area is 209 Å². The van der Waals surface area contributed by atoms with Crippen LogP contribution in [-0.4, -0.2) is 17.1 Å². The van der Waals surface area contributed by atoms with Gasteiger partial charge in [-0.15, -0.1) is 0 Å². The van der Waals surface area contributed by atoms with Crippen LogP contribution in [0.4, 0.5) is 0 Å². The van der Waals surface area contributed by atoms with Crippen LogP contribution < -0.4 is 0 Å². The van der Waals surface area contributed by atoms with Crippen molar-refractivity contribution < 1.29 is 4.43 Å². The van der Waals surface area contributed by atoms with Crippen molar-refractivity contribution in [3.05, 3.63) is 144 Å². The molecule has 6 aromatic carbocycles. The Morgan fingerprint density at radius 2 is 0.800 bits per heavy atom. The Morgan fingerprint density at radius 1 is 0.457 bits per heavy atom. The molecule has 0 fully saturated rings. The molecule has 0 saturated carbocycles. The lowest BCUT2D eigenvalue weighted by Gasteiger charge is -2.37. The van der Waals surface area contributed by atoms with Crippen molar-refractivity contribution in [1.29, 1.82) is 0 Å². The van der Waals surface area contributed by atoms with Gasteiger partial charge in [-0.25, -0.2) is 0 Å². The fourth-order valence-corrected chi connectivity index (χ4v) is 5.76. The van der Waals surface area contributed by atoms with Gasteiger partial charge in [-0.1, -0.05) is 109 Å². The molecule has 0 saturated heterocycles. The van der Waals surface area contributed by atoms with E-state index in [0.29, 0.717) is 0 Å². The van der Waals surface area contributed by atoms with Crippen LogP contribution in [0.1, 0.15) is 23.1 Å². The Bertz CT molecular complexity index is 1460. The molecular weight excluding hydrogens is 440 g/mol. The molecule has 0 N–H and O–H groups in total. The summed E-state index contributed by atoms with van der Waals surface area (Å²) in [6.45, 7) is 0.721. The molecule has 170 valence electrons. The summed E-state index contributed by atoms with van der Waals surface area (Å²) >= 11 is 0. The average Bonchev–Trinajstić information content (AvgIpc) is 2.93. The molecule has 0 amide bonds. The molecule has 1 nitrogen and oxygen atoms in total. The number of hydrogen-bond donors (Lipinski definition) is 0. The summed E-state index contributed by atoms with van der Waals surface area (Å²) in [5.74, 6) is 0. The van der Waals surface area contributed by atoms with Gasteiger partial charge in [-0.3, -0.25) is 0 Å². The van der Waals surface area contributed by atoms with E-state index >= 15 is 0 Å². The predicted octanol–water partition coefficient (Wildman–Crippen LogP) is 7.17. The summed E-state index contributed by atoms with van der Waals surface area (Å²) in [5, 5.41) is 7.59. The molecule has 0 aromatic heterocycles. The van der Waals surface area contributed by atoms with Crippen molar-refractivity contribution in [3.63, 3.8) is 0 Å². The van der Waals surface area contributed by atoms with Crippen molar-refractivity contribution in [2.24, 2.45) is 0 Å². The van der Waals surface area contributed by atoms with Gasteiger partial charge < -0.3 is 4.43 Å². The smallest absolute Gasteiger partial charge is 0.145 e. The molecular formula is C33H28OSi. The van der Waals surface area contributed by atoms with E-state index in [1.165, 1.54) is 49.0 Å². The fraction of sp³-hybridized carbons (Fsp3) is 0.0909. The maximum absolute atomic E-state index is 5.86. The number of rotatable bonds is 6. The first-order valence-electron chi connectivity index (χ1n) is 12.2. The molecule has 0 aliphatic rings. The van der Waals surface area contributed by atoms with Crippen molar-refractivity contribution in [3.8, 4) is 0 Å². The highest BCUT2D eigenvalue weighted by atomic mass is 28.2. The first-order chi connectivity index (χ1) is 17.3. The fourth-order valence-electron chi connectivity index (χ4n) is 5.55. The monoisotopic (exact) mass is 468 g/mol. The normalized spacial score (nSPS) is 12.0. The average molecular weight is 469 g/mol. The van der Waals surface area contributed by atoms with Gasteiger partial charge in [-0.05, 0) is 73.6 Å². The molecule has 0 unspecified atom stereocenters. The molecule has 35 heavy (non-hydrogen) atoms. The zero-order valence-electron chi connectivity index (χ0n) is 19.9. The predicted molar refractivity (Wildman–Crippen MR) is 152 cm³/mol. The maximum Gasteiger partial charge on any atom is 0.145 e. The molecule has 6 aromatic rings. The van der Waals surface area contributed by atoms with Crippen LogP contribution in [-0.2, 0) is 9.84 Å². The van der Waals surface area contributed by atoms with Crippen molar-refractivity contribution in [1.82, 2.24) is 0 Å². The lowest BCUT2D eigenvalue weighted by Crippen LogP contribution is -2.31. The molecule has 0 radical (unpaired) electrons. The van der Waals surface area contributed by atoms with E-state index in [2.05, 4.69) is 127 Å². The quantitative estimate of drug-likeness (QED) is 0.186. The van der Waals surface area contributed by atoms with Gasteiger partial charge in [0.1, 0.15) is 10.5 Å². The third-order valence-electron chi connectivity index (χ3n) is 7.41. The number of fused-ring (bicyclic) bond motifs is 3. The van der Waals surface area contributed by atoms with Crippen LogP contribution in [0.2, 0.25) is 0 Å². The second-order valence-electron chi connectivity index (χ2n) is 9.33. The minimum absolute atomic E-state index is 0.331. The van der Waals surface area contributed by atoms with Gasteiger partial charge >= 0.3 is 0 Å². The Morgan fingerprint density at radius 3 is 1.14 bits per heavy atom. The molecule has 0 bridgehead atoms. The Kier molecular flexibility index (Phi) is 5.69. The van der Waals surface area contributed by atoms with Gasteiger partial charge in [0.15, 0.2) is 0 Å².